The van der Waals surface area contributed by atoms with Gasteiger partial charge in [-0.05, 0) is 49.2 Å². The molecule has 0 saturated heterocycles. The predicted molar refractivity (Wildman–Crippen MR) is 90.2 cm³/mol. The van der Waals surface area contributed by atoms with Crippen molar-refractivity contribution in [1.29, 1.82) is 0 Å². The number of aryl methyl sites for hydroxylation is 2. The van der Waals surface area contributed by atoms with Crippen molar-refractivity contribution >= 4 is 23.2 Å². The topological polar surface area (TPSA) is 62.5 Å². The summed E-state index contributed by atoms with van der Waals surface area (Å²) >= 11 is 0. The van der Waals surface area contributed by atoms with E-state index >= 15 is 0 Å². The second-order valence-electron chi connectivity index (χ2n) is 5.80. The van der Waals surface area contributed by atoms with Gasteiger partial charge in [-0.3, -0.25) is 4.79 Å². The van der Waals surface area contributed by atoms with Crippen LogP contribution in [0.15, 0.2) is 36.5 Å². The fourth-order valence-corrected chi connectivity index (χ4v) is 2.35. The first kappa shape index (κ1) is 15.0. The number of benzene rings is 1. The summed E-state index contributed by atoms with van der Waals surface area (Å²) in [7, 11) is 3.48. The van der Waals surface area contributed by atoms with Gasteiger partial charge in [0.1, 0.15) is 0 Å². The van der Waals surface area contributed by atoms with Crippen LogP contribution in [0.1, 0.15) is 21.5 Å². The predicted octanol–water partition coefficient (Wildman–Crippen LogP) is 2.79. The third kappa shape index (κ3) is 3.01. The molecule has 0 aliphatic rings. The van der Waals surface area contributed by atoms with Crippen LogP contribution < -0.4 is 5.32 Å². The average molecular weight is 309 g/mol. The molecule has 6 nitrogen and oxygen atoms in total. The van der Waals surface area contributed by atoms with Gasteiger partial charge in [0.05, 0.1) is 0 Å². The molecule has 3 rings (SSSR count). The lowest BCUT2D eigenvalue weighted by molar-refractivity contribution is 0.0827. The third-order valence-corrected chi connectivity index (χ3v) is 3.60. The highest BCUT2D eigenvalue weighted by Gasteiger charge is 2.11. The summed E-state index contributed by atoms with van der Waals surface area (Å²) < 4.78 is 1.75. The van der Waals surface area contributed by atoms with Gasteiger partial charge in [-0.25, -0.2) is 4.52 Å². The van der Waals surface area contributed by atoms with Crippen LogP contribution in [0.5, 0.6) is 0 Å². The van der Waals surface area contributed by atoms with Crippen molar-refractivity contribution in [3.63, 3.8) is 0 Å². The largest absolute Gasteiger partial charge is 0.345 e. The van der Waals surface area contributed by atoms with Gasteiger partial charge >= 0.3 is 0 Å². The first-order chi connectivity index (χ1) is 10.9. The summed E-state index contributed by atoms with van der Waals surface area (Å²) in [6, 6.07) is 9.48. The van der Waals surface area contributed by atoms with E-state index in [9.17, 15) is 4.79 Å². The van der Waals surface area contributed by atoms with Gasteiger partial charge in [-0.2, -0.15) is 4.98 Å². The molecule has 0 saturated carbocycles. The van der Waals surface area contributed by atoms with Crippen molar-refractivity contribution in [2.45, 2.75) is 13.8 Å². The Bertz CT molecular complexity index is 882. The number of amides is 1. The number of pyridine rings is 1. The molecule has 3 aromatic rings. The molecule has 0 radical (unpaired) electrons. The maximum Gasteiger partial charge on any atom is 0.253 e. The summed E-state index contributed by atoms with van der Waals surface area (Å²) in [6.45, 7) is 3.97. The van der Waals surface area contributed by atoms with E-state index in [1.54, 1.807) is 29.6 Å². The van der Waals surface area contributed by atoms with E-state index in [1.807, 2.05) is 44.3 Å². The van der Waals surface area contributed by atoms with E-state index in [0.29, 0.717) is 11.5 Å². The number of hydrogen-bond acceptors (Lipinski definition) is 4. The second kappa shape index (κ2) is 5.72. The zero-order valence-corrected chi connectivity index (χ0v) is 13.7. The number of hydrogen-bond donors (Lipinski definition) is 1. The van der Waals surface area contributed by atoms with E-state index in [4.69, 9.17) is 0 Å². The van der Waals surface area contributed by atoms with E-state index in [0.717, 1.165) is 22.5 Å². The van der Waals surface area contributed by atoms with Gasteiger partial charge in [0.2, 0.25) is 5.95 Å². The van der Waals surface area contributed by atoms with Crippen LogP contribution >= 0.6 is 0 Å². The molecule has 2 heterocycles. The minimum atomic E-state index is -0.0130. The highest BCUT2D eigenvalue weighted by molar-refractivity contribution is 5.94. The molecule has 118 valence electrons. The maximum atomic E-state index is 12.0. The molecule has 6 heteroatoms. The van der Waals surface area contributed by atoms with Crippen molar-refractivity contribution in [3.05, 3.63) is 53.2 Å². The molecule has 2 aromatic heterocycles. The fraction of sp³-hybridized carbons (Fsp3) is 0.235. The summed E-state index contributed by atoms with van der Waals surface area (Å²) in [5, 5.41) is 7.62. The molecule has 23 heavy (non-hydrogen) atoms. The lowest BCUT2D eigenvalue weighted by Gasteiger charge is -2.12. The quantitative estimate of drug-likeness (QED) is 0.808. The van der Waals surface area contributed by atoms with Crippen LogP contribution in [0.2, 0.25) is 0 Å². The van der Waals surface area contributed by atoms with Crippen molar-refractivity contribution < 1.29 is 4.79 Å². The Hall–Kier alpha value is -2.89. The number of nitrogens with zero attached hydrogens (tertiary/aromatic N) is 4. The van der Waals surface area contributed by atoms with Crippen molar-refractivity contribution in [3.8, 4) is 0 Å². The standard InChI is InChI=1S/C17H19N5O/c1-11-5-8-15-19-17(20-22(15)10-11)18-14-7-6-13(9-12(14)2)16(23)21(3)4/h5-10H,1-4H3,(H,18,20). The van der Waals surface area contributed by atoms with Gasteiger partial charge < -0.3 is 10.2 Å². The fourth-order valence-electron chi connectivity index (χ4n) is 2.35. The number of carbonyl (C=O) groups is 1. The molecule has 0 bridgehead atoms. The van der Waals surface area contributed by atoms with E-state index < -0.39 is 0 Å². The first-order valence-corrected chi connectivity index (χ1v) is 7.36. The highest BCUT2D eigenvalue weighted by atomic mass is 16.2. The Labute approximate surface area is 134 Å². The molecule has 0 aliphatic heterocycles. The molecular formula is C17H19N5O. The summed E-state index contributed by atoms with van der Waals surface area (Å²) in [6.07, 6.45) is 1.93. The minimum absolute atomic E-state index is 0.0130. The summed E-state index contributed by atoms with van der Waals surface area (Å²) in [5.74, 6) is 0.520. The van der Waals surface area contributed by atoms with Gasteiger partial charge in [0, 0.05) is 31.5 Å². The van der Waals surface area contributed by atoms with Crippen molar-refractivity contribution in [2.24, 2.45) is 0 Å². The molecule has 1 aromatic carbocycles. The summed E-state index contributed by atoms with van der Waals surface area (Å²) in [4.78, 5) is 18.0. The molecule has 0 unspecified atom stereocenters. The molecule has 0 fully saturated rings. The Kier molecular flexibility index (Phi) is 3.73. The highest BCUT2D eigenvalue weighted by Crippen LogP contribution is 2.21. The second-order valence-corrected chi connectivity index (χ2v) is 5.80. The number of rotatable bonds is 3. The van der Waals surface area contributed by atoms with Crippen LogP contribution in [0.4, 0.5) is 11.6 Å². The summed E-state index contributed by atoms with van der Waals surface area (Å²) in [5.41, 5.74) is 4.42. The number of nitrogens with one attached hydrogen (secondary N) is 1. The van der Waals surface area contributed by atoms with Crippen LogP contribution in [-0.2, 0) is 0 Å². The Morgan fingerprint density at radius 2 is 1.96 bits per heavy atom. The van der Waals surface area contributed by atoms with Crippen LogP contribution in [0.3, 0.4) is 0 Å². The molecule has 0 atom stereocenters. The first-order valence-electron chi connectivity index (χ1n) is 7.36. The Morgan fingerprint density at radius 1 is 1.17 bits per heavy atom. The minimum Gasteiger partial charge on any atom is -0.345 e. The maximum absolute atomic E-state index is 12.0. The van der Waals surface area contributed by atoms with Gasteiger partial charge in [-0.15, -0.1) is 5.10 Å². The zero-order valence-electron chi connectivity index (χ0n) is 13.7. The monoisotopic (exact) mass is 309 g/mol. The number of fused-ring (bicyclic) bond motifs is 1. The lowest BCUT2D eigenvalue weighted by Crippen LogP contribution is -2.21. The molecular weight excluding hydrogens is 290 g/mol. The van der Waals surface area contributed by atoms with E-state index in [2.05, 4.69) is 15.4 Å². The Balaban J connectivity index is 1.88. The number of carbonyl (C=O) groups excluding carboxylic acids is 1. The van der Waals surface area contributed by atoms with Gasteiger partial charge in [0.25, 0.3) is 5.91 Å². The molecule has 0 aliphatic carbocycles. The number of anilines is 2. The normalized spacial score (nSPS) is 10.8. The SMILES string of the molecule is Cc1ccc2nc(Nc3ccc(C(=O)N(C)C)cc3C)nn2c1. The zero-order chi connectivity index (χ0) is 16.6. The smallest absolute Gasteiger partial charge is 0.253 e. The van der Waals surface area contributed by atoms with Crippen LogP contribution in [0.25, 0.3) is 5.65 Å². The lowest BCUT2D eigenvalue weighted by atomic mass is 10.1. The van der Waals surface area contributed by atoms with Gasteiger partial charge in [0.15, 0.2) is 5.65 Å². The van der Waals surface area contributed by atoms with Crippen molar-refractivity contribution in [1.82, 2.24) is 19.5 Å². The van der Waals surface area contributed by atoms with E-state index in [1.165, 1.54) is 0 Å². The van der Waals surface area contributed by atoms with Crippen molar-refractivity contribution in [2.75, 3.05) is 19.4 Å². The third-order valence-electron chi connectivity index (χ3n) is 3.60. The number of aromatic nitrogens is 3. The molecule has 0 spiro atoms. The average Bonchev–Trinajstić information content (AvgIpc) is 2.89. The molecule has 1 N–H and O–H groups in total. The Morgan fingerprint density at radius 3 is 2.65 bits per heavy atom. The van der Waals surface area contributed by atoms with Gasteiger partial charge in [-0.1, -0.05) is 6.07 Å². The van der Waals surface area contributed by atoms with Crippen LogP contribution in [-0.4, -0.2) is 39.5 Å². The van der Waals surface area contributed by atoms with E-state index in [-0.39, 0.29) is 5.91 Å². The molecule has 1 amide bonds. The van der Waals surface area contributed by atoms with Crippen LogP contribution in [0, 0.1) is 13.8 Å².